The van der Waals surface area contributed by atoms with Gasteiger partial charge in [0, 0.05) is 18.5 Å². The van der Waals surface area contributed by atoms with E-state index in [1.807, 2.05) is 18.2 Å². The van der Waals surface area contributed by atoms with Gasteiger partial charge >= 0.3 is 5.97 Å². The number of hydrogen-bond donors (Lipinski definition) is 4. The van der Waals surface area contributed by atoms with Crippen molar-refractivity contribution in [3.05, 3.63) is 59.7 Å². The summed E-state index contributed by atoms with van der Waals surface area (Å²) >= 11 is 0. The highest BCUT2D eigenvalue weighted by Gasteiger charge is 2.41. The van der Waals surface area contributed by atoms with Crippen LogP contribution in [0.25, 0.3) is 0 Å². The standard InChI is InChI=1S/C30H39N3O8/c1-38-25-9-3-2-8-22(25)18-32-28(34)26-27(41-19-40-26)29(35)33-24(30(36)37)16-20-10-12-23(13-11-20)39-15-5-7-21-6-4-14-31-17-21/h2-3,8-13,21,24,26-27,31H,4-7,14-19H2,1H3,(H,32,34)(H,33,35)(H,36,37)/t21?,24-,26+,27+/m0/s1. The van der Waals surface area contributed by atoms with E-state index >= 15 is 0 Å². The smallest absolute Gasteiger partial charge is 0.326 e. The molecule has 2 aromatic carbocycles. The lowest BCUT2D eigenvalue weighted by molar-refractivity contribution is -0.144. The molecule has 4 rings (SSSR count). The molecule has 41 heavy (non-hydrogen) atoms. The first-order valence-corrected chi connectivity index (χ1v) is 14.0. The van der Waals surface area contributed by atoms with Crippen LogP contribution in [0.4, 0.5) is 0 Å². The van der Waals surface area contributed by atoms with Crippen LogP contribution >= 0.6 is 0 Å². The Hall–Kier alpha value is -3.67. The van der Waals surface area contributed by atoms with Crippen LogP contribution in [-0.4, -0.2) is 74.7 Å². The number of rotatable bonds is 14. The second-order valence-electron chi connectivity index (χ2n) is 10.3. The molecule has 2 aliphatic heterocycles. The van der Waals surface area contributed by atoms with Gasteiger partial charge in [0.2, 0.25) is 0 Å². The minimum absolute atomic E-state index is 0.0499. The van der Waals surface area contributed by atoms with Crippen molar-refractivity contribution in [2.75, 3.05) is 33.6 Å². The molecule has 2 amide bonds. The number of amides is 2. The zero-order valence-corrected chi connectivity index (χ0v) is 23.3. The van der Waals surface area contributed by atoms with E-state index in [0.717, 1.165) is 31.5 Å². The summed E-state index contributed by atoms with van der Waals surface area (Å²) in [4.78, 5) is 37.7. The van der Waals surface area contributed by atoms with Crippen molar-refractivity contribution >= 4 is 17.8 Å². The fourth-order valence-corrected chi connectivity index (χ4v) is 5.06. The predicted octanol–water partition coefficient (Wildman–Crippen LogP) is 2.02. The van der Waals surface area contributed by atoms with Gasteiger partial charge in [0.15, 0.2) is 12.2 Å². The number of carbonyl (C=O) groups is 3. The molecular weight excluding hydrogens is 530 g/mol. The van der Waals surface area contributed by atoms with Crippen LogP contribution in [0, 0.1) is 5.92 Å². The number of hydrogen-bond acceptors (Lipinski definition) is 8. The minimum atomic E-state index is -1.28. The van der Waals surface area contributed by atoms with Gasteiger partial charge in [-0.15, -0.1) is 0 Å². The number of piperidine rings is 1. The number of carbonyl (C=O) groups excluding carboxylic acids is 2. The van der Waals surface area contributed by atoms with Crippen LogP contribution in [0.1, 0.15) is 36.8 Å². The minimum Gasteiger partial charge on any atom is -0.496 e. The predicted molar refractivity (Wildman–Crippen MR) is 149 cm³/mol. The van der Waals surface area contributed by atoms with Crippen molar-refractivity contribution in [2.45, 2.75) is 56.9 Å². The Morgan fingerprint density at radius 3 is 2.54 bits per heavy atom. The highest BCUT2D eigenvalue weighted by Crippen LogP contribution is 2.20. The molecule has 2 aliphatic rings. The molecule has 2 aromatic rings. The molecule has 222 valence electrons. The molecule has 11 heteroatoms. The van der Waals surface area contributed by atoms with Crippen molar-refractivity contribution in [1.29, 1.82) is 0 Å². The van der Waals surface area contributed by atoms with Crippen LogP contribution in [0.3, 0.4) is 0 Å². The van der Waals surface area contributed by atoms with Crippen molar-refractivity contribution in [3.8, 4) is 11.5 Å². The van der Waals surface area contributed by atoms with Crippen LogP contribution in [0.5, 0.6) is 11.5 Å². The number of ether oxygens (including phenoxy) is 4. The zero-order valence-electron chi connectivity index (χ0n) is 23.3. The van der Waals surface area contributed by atoms with Gasteiger partial charge in [0.1, 0.15) is 24.3 Å². The fourth-order valence-electron chi connectivity index (χ4n) is 5.06. The van der Waals surface area contributed by atoms with E-state index < -0.39 is 36.0 Å². The summed E-state index contributed by atoms with van der Waals surface area (Å²) in [6.07, 6.45) is 2.15. The summed E-state index contributed by atoms with van der Waals surface area (Å²) < 4.78 is 21.8. The highest BCUT2D eigenvalue weighted by molar-refractivity contribution is 5.93. The Labute approximate surface area is 239 Å². The van der Waals surface area contributed by atoms with Crippen LogP contribution < -0.4 is 25.4 Å². The summed E-state index contributed by atoms with van der Waals surface area (Å²) in [7, 11) is 1.54. The Kier molecular flexibility index (Phi) is 11.4. The van der Waals surface area contributed by atoms with Crippen LogP contribution in [0.15, 0.2) is 48.5 Å². The number of benzene rings is 2. The third-order valence-electron chi connectivity index (χ3n) is 7.33. The van der Waals surface area contributed by atoms with Crippen molar-refractivity contribution in [1.82, 2.24) is 16.0 Å². The van der Waals surface area contributed by atoms with Gasteiger partial charge in [-0.3, -0.25) is 9.59 Å². The summed E-state index contributed by atoms with van der Waals surface area (Å²) in [5.41, 5.74) is 1.47. The first-order chi connectivity index (χ1) is 19.9. The first-order valence-electron chi connectivity index (χ1n) is 14.0. The molecule has 0 saturated carbocycles. The topological polar surface area (TPSA) is 144 Å². The monoisotopic (exact) mass is 569 g/mol. The first kappa shape index (κ1) is 30.3. The van der Waals surface area contributed by atoms with Crippen molar-refractivity contribution in [2.24, 2.45) is 5.92 Å². The summed E-state index contributed by atoms with van der Waals surface area (Å²) in [5, 5.41) is 18.4. The molecule has 4 atom stereocenters. The zero-order chi connectivity index (χ0) is 29.0. The van der Waals surface area contributed by atoms with E-state index in [-0.39, 0.29) is 19.8 Å². The fraction of sp³-hybridized carbons (Fsp3) is 0.500. The van der Waals surface area contributed by atoms with Gasteiger partial charge in [-0.25, -0.2) is 4.79 Å². The largest absolute Gasteiger partial charge is 0.496 e. The molecule has 0 aliphatic carbocycles. The summed E-state index contributed by atoms with van der Waals surface area (Å²) in [6, 6.07) is 13.2. The summed E-state index contributed by atoms with van der Waals surface area (Å²) in [5.74, 6) is -0.451. The van der Waals surface area contributed by atoms with Gasteiger partial charge in [0.25, 0.3) is 11.8 Å². The van der Waals surface area contributed by atoms with Crippen molar-refractivity contribution in [3.63, 3.8) is 0 Å². The third kappa shape index (κ3) is 8.91. The molecular formula is C30H39N3O8. The molecule has 2 saturated heterocycles. The van der Waals surface area contributed by atoms with E-state index in [2.05, 4.69) is 16.0 Å². The maximum absolute atomic E-state index is 13.0. The van der Waals surface area contributed by atoms with Gasteiger partial charge < -0.3 is 40.0 Å². The van der Waals surface area contributed by atoms with Crippen LogP contribution in [-0.2, 0) is 36.8 Å². The molecule has 0 radical (unpaired) electrons. The van der Waals surface area contributed by atoms with E-state index in [4.69, 9.17) is 18.9 Å². The number of para-hydroxylation sites is 1. The Balaban J connectivity index is 1.25. The molecule has 2 heterocycles. The van der Waals surface area contributed by atoms with Crippen LogP contribution in [0.2, 0.25) is 0 Å². The molecule has 4 N–H and O–H groups in total. The molecule has 0 spiro atoms. The van der Waals surface area contributed by atoms with Gasteiger partial charge in [0.05, 0.1) is 13.7 Å². The lowest BCUT2D eigenvalue weighted by Crippen LogP contribution is -2.52. The quantitative estimate of drug-likeness (QED) is 0.251. The van der Waals surface area contributed by atoms with Gasteiger partial charge in [-0.2, -0.15) is 0 Å². The molecule has 0 bridgehead atoms. The Morgan fingerprint density at radius 2 is 1.83 bits per heavy atom. The second-order valence-corrected chi connectivity index (χ2v) is 10.3. The van der Waals surface area contributed by atoms with E-state index in [1.165, 1.54) is 20.0 Å². The van der Waals surface area contributed by atoms with Gasteiger partial charge in [-0.05, 0) is 68.5 Å². The molecule has 11 nitrogen and oxygen atoms in total. The van der Waals surface area contributed by atoms with E-state index in [0.29, 0.717) is 29.6 Å². The average molecular weight is 570 g/mol. The SMILES string of the molecule is COc1ccccc1CNC(=O)[C@@H]1OCO[C@H]1C(=O)N[C@@H](Cc1ccc(OCCCC2CCCNC2)cc1)C(=O)O. The van der Waals surface area contributed by atoms with Gasteiger partial charge in [-0.1, -0.05) is 30.3 Å². The number of nitrogens with one attached hydrogen (secondary N) is 3. The number of methoxy groups -OCH3 is 1. The Bertz CT molecular complexity index is 1150. The average Bonchev–Trinajstić information content (AvgIpc) is 3.50. The van der Waals surface area contributed by atoms with E-state index in [1.54, 1.807) is 30.3 Å². The Morgan fingerprint density at radius 1 is 1.07 bits per heavy atom. The number of carboxylic acids is 1. The van der Waals surface area contributed by atoms with E-state index in [9.17, 15) is 19.5 Å². The third-order valence-corrected chi connectivity index (χ3v) is 7.33. The number of carboxylic acid groups (broad SMARTS) is 1. The number of aliphatic carboxylic acids is 1. The highest BCUT2D eigenvalue weighted by atomic mass is 16.7. The maximum Gasteiger partial charge on any atom is 0.326 e. The molecule has 2 fully saturated rings. The van der Waals surface area contributed by atoms with Crippen molar-refractivity contribution < 1.29 is 38.4 Å². The lowest BCUT2D eigenvalue weighted by atomic mass is 9.95. The summed E-state index contributed by atoms with van der Waals surface area (Å²) in [6.45, 7) is 2.71. The second kappa shape index (κ2) is 15.4. The molecule has 0 aromatic heterocycles. The normalized spacial score (nSPS) is 21.0. The lowest BCUT2D eigenvalue weighted by Gasteiger charge is -2.22. The maximum atomic E-state index is 13.0. The molecule has 1 unspecified atom stereocenters.